The van der Waals surface area contributed by atoms with Crippen molar-refractivity contribution in [3.63, 3.8) is 0 Å². The first kappa shape index (κ1) is 8.42. The van der Waals surface area contributed by atoms with Crippen molar-refractivity contribution in [2.75, 3.05) is 11.5 Å². The average molecular weight is 185 g/mol. The first-order valence-corrected chi connectivity index (χ1v) is 5.89. The second-order valence-corrected chi connectivity index (χ2v) is 4.76. The Bertz CT molecular complexity index is 177. The molecule has 2 fully saturated rings. The van der Waals surface area contributed by atoms with Crippen LogP contribution in [0.1, 0.15) is 25.7 Å². The van der Waals surface area contributed by atoms with Gasteiger partial charge in [0, 0.05) is 11.8 Å². The molecule has 1 saturated heterocycles. The molecule has 0 aromatic heterocycles. The summed E-state index contributed by atoms with van der Waals surface area (Å²) >= 11 is 1.79. The number of rotatable bonds is 1. The summed E-state index contributed by atoms with van der Waals surface area (Å²) in [6, 6.07) is 0.485. The van der Waals surface area contributed by atoms with E-state index in [0.29, 0.717) is 11.8 Å². The zero-order valence-electron chi connectivity index (χ0n) is 7.21. The highest BCUT2D eigenvalue weighted by Gasteiger charge is 2.28. The molecule has 0 radical (unpaired) electrons. The summed E-state index contributed by atoms with van der Waals surface area (Å²) in [5.74, 6) is 2.82. The molecule has 0 bridgehead atoms. The fourth-order valence-corrected chi connectivity index (χ4v) is 3.18. The molecule has 2 aliphatic rings. The van der Waals surface area contributed by atoms with Crippen molar-refractivity contribution in [2.45, 2.75) is 31.7 Å². The standard InChI is InChI=1S/C9H15NOS/c11-9-6-12-5-8(10-9)7-3-1-2-4-7/h7-8H,1-6H2,(H,10,11). The van der Waals surface area contributed by atoms with Gasteiger partial charge in [0.25, 0.3) is 0 Å². The normalized spacial score (nSPS) is 32.0. The van der Waals surface area contributed by atoms with Crippen LogP contribution in [-0.2, 0) is 4.79 Å². The molecule has 3 heteroatoms. The van der Waals surface area contributed by atoms with Crippen LogP contribution in [0, 0.1) is 5.92 Å². The molecule has 1 aliphatic carbocycles. The lowest BCUT2D eigenvalue weighted by molar-refractivity contribution is -0.119. The van der Waals surface area contributed by atoms with Crippen LogP contribution in [0.25, 0.3) is 0 Å². The van der Waals surface area contributed by atoms with E-state index < -0.39 is 0 Å². The van der Waals surface area contributed by atoms with Gasteiger partial charge < -0.3 is 5.32 Å². The lowest BCUT2D eigenvalue weighted by Crippen LogP contribution is -2.45. The number of amides is 1. The van der Waals surface area contributed by atoms with Crippen LogP contribution in [0.4, 0.5) is 0 Å². The Morgan fingerprint density at radius 2 is 2.08 bits per heavy atom. The van der Waals surface area contributed by atoms with E-state index in [2.05, 4.69) is 5.32 Å². The van der Waals surface area contributed by atoms with E-state index in [4.69, 9.17) is 0 Å². The van der Waals surface area contributed by atoms with Gasteiger partial charge in [-0.1, -0.05) is 12.8 Å². The molecule has 0 spiro atoms. The Labute approximate surface area is 77.5 Å². The van der Waals surface area contributed by atoms with E-state index >= 15 is 0 Å². The zero-order chi connectivity index (χ0) is 8.39. The van der Waals surface area contributed by atoms with Crippen LogP contribution in [0.5, 0.6) is 0 Å². The highest BCUT2D eigenvalue weighted by molar-refractivity contribution is 8.00. The van der Waals surface area contributed by atoms with Crippen LogP contribution in [0.15, 0.2) is 0 Å². The maximum Gasteiger partial charge on any atom is 0.230 e. The zero-order valence-corrected chi connectivity index (χ0v) is 8.03. The van der Waals surface area contributed by atoms with Gasteiger partial charge in [0.15, 0.2) is 0 Å². The van der Waals surface area contributed by atoms with Crippen molar-refractivity contribution >= 4 is 17.7 Å². The van der Waals surface area contributed by atoms with Gasteiger partial charge in [-0.2, -0.15) is 0 Å². The number of thioether (sulfide) groups is 1. The third kappa shape index (κ3) is 1.76. The summed E-state index contributed by atoms with van der Waals surface area (Å²) in [5.41, 5.74) is 0. The molecular formula is C9H15NOS. The molecule has 0 aromatic rings. The summed E-state index contributed by atoms with van der Waals surface area (Å²) in [6.45, 7) is 0. The van der Waals surface area contributed by atoms with Gasteiger partial charge in [-0.15, -0.1) is 11.8 Å². The number of nitrogens with one attached hydrogen (secondary N) is 1. The predicted octanol–water partition coefficient (Wildman–Crippen LogP) is 1.41. The third-order valence-corrected chi connectivity index (χ3v) is 3.91. The summed E-state index contributed by atoms with van der Waals surface area (Å²) in [4.78, 5) is 11.1. The van der Waals surface area contributed by atoms with E-state index in [1.165, 1.54) is 25.7 Å². The van der Waals surface area contributed by atoms with Crippen LogP contribution < -0.4 is 5.32 Å². The van der Waals surface area contributed by atoms with Gasteiger partial charge in [0.05, 0.1) is 5.75 Å². The van der Waals surface area contributed by atoms with E-state index in [1.807, 2.05) is 0 Å². The summed E-state index contributed by atoms with van der Waals surface area (Å²) < 4.78 is 0. The fraction of sp³-hybridized carbons (Fsp3) is 0.889. The Morgan fingerprint density at radius 3 is 2.75 bits per heavy atom. The van der Waals surface area contributed by atoms with Crippen molar-refractivity contribution in [1.29, 1.82) is 0 Å². The second-order valence-electron chi connectivity index (χ2n) is 3.73. The van der Waals surface area contributed by atoms with Gasteiger partial charge in [0.1, 0.15) is 0 Å². The molecule has 1 N–H and O–H groups in total. The van der Waals surface area contributed by atoms with Gasteiger partial charge in [0.2, 0.25) is 5.91 Å². The topological polar surface area (TPSA) is 29.1 Å². The smallest absolute Gasteiger partial charge is 0.230 e. The van der Waals surface area contributed by atoms with Crippen LogP contribution in [0.2, 0.25) is 0 Å². The van der Waals surface area contributed by atoms with Gasteiger partial charge in [-0.05, 0) is 18.8 Å². The Kier molecular flexibility index (Phi) is 2.59. The van der Waals surface area contributed by atoms with E-state index in [0.717, 1.165) is 11.7 Å². The fourth-order valence-electron chi connectivity index (χ4n) is 2.18. The van der Waals surface area contributed by atoms with Gasteiger partial charge in [-0.25, -0.2) is 0 Å². The van der Waals surface area contributed by atoms with Crippen molar-refractivity contribution < 1.29 is 4.79 Å². The molecule has 1 atom stereocenters. The summed E-state index contributed by atoms with van der Waals surface area (Å²) in [5, 5.41) is 3.10. The van der Waals surface area contributed by atoms with E-state index in [9.17, 15) is 4.79 Å². The molecule has 1 unspecified atom stereocenters. The maximum absolute atomic E-state index is 11.1. The Hall–Kier alpha value is -0.180. The Morgan fingerprint density at radius 1 is 1.33 bits per heavy atom. The molecule has 1 amide bonds. The molecule has 68 valence electrons. The maximum atomic E-state index is 11.1. The highest BCUT2D eigenvalue weighted by atomic mass is 32.2. The van der Waals surface area contributed by atoms with Gasteiger partial charge in [-0.3, -0.25) is 4.79 Å². The van der Waals surface area contributed by atoms with Crippen LogP contribution >= 0.6 is 11.8 Å². The van der Waals surface area contributed by atoms with Crippen molar-refractivity contribution in [3.8, 4) is 0 Å². The molecule has 1 saturated carbocycles. The minimum atomic E-state index is 0.239. The first-order chi connectivity index (χ1) is 5.86. The molecular weight excluding hydrogens is 170 g/mol. The molecule has 1 heterocycles. The second kappa shape index (κ2) is 3.69. The minimum Gasteiger partial charge on any atom is -0.352 e. The van der Waals surface area contributed by atoms with Crippen molar-refractivity contribution in [2.24, 2.45) is 5.92 Å². The van der Waals surface area contributed by atoms with Crippen LogP contribution in [-0.4, -0.2) is 23.5 Å². The third-order valence-electron chi connectivity index (χ3n) is 2.85. The number of hydrogen-bond acceptors (Lipinski definition) is 2. The Balaban J connectivity index is 1.89. The van der Waals surface area contributed by atoms with Crippen LogP contribution in [0.3, 0.4) is 0 Å². The van der Waals surface area contributed by atoms with Crippen molar-refractivity contribution in [3.05, 3.63) is 0 Å². The summed E-state index contributed by atoms with van der Waals surface area (Å²) in [7, 11) is 0. The monoisotopic (exact) mass is 185 g/mol. The van der Waals surface area contributed by atoms with E-state index in [-0.39, 0.29) is 5.91 Å². The number of carbonyl (C=O) groups excluding carboxylic acids is 1. The number of hydrogen-bond donors (Lipinski definition) is 1. The largest absolute Gasteiger partial charge is 0.352 e. The van der Waals surface area contributed by atoms with E-state index in [1.54, 1.807) is 11.8 Å². The first-order valence-electron chi connectivity index (χ1n) is 4.73. The SMILES string of the molecule is O=C1CSCC(C2CCCC2)N1. The van der Waals surface area contributed by atoms with Crippen molar-refractivity contribution in [1.82, 2.24) is 5.32 Å². The number of carbonyl (C=O) groups is 1. The molecule has 12 heavy (non-hydrogen) atoms. The molecule has 2 rings (SSSR count). The molecule has 0 aromatic carbocycles. The predicted molar refractivity (Wildman–Crippen MR) is 51.2 cm³/mol. The lowest BCUT2D eigenvalue weighted by Gasteiger charge is -2.27. The van der Waals surface area contributed by atoms with Gasteiger partial charge >= 0.3 is 0 Å². The highest BCUT2D eigenvalue weighted by Crippen LogP contribution is 2.30. The summed E-state index contributed by atoms with van der Waals surface area (Å²) in [6.07, 6.45) is 5.38. The quantitative estimate of drug-likeness (QED) is 0.669. The lowest BCUT2D eigenvalue weighted by atomic mass is 9.99. The minimum absolute atomic E-state index is 0.239. The average Bonchev–Trinajstić information content (AvgIpc) is 2.56. The molecule has 2 nitrogen and oxygen atoms in total. The molecule has 1 aliphatic heterocycles.